The molecule has 0 spiro atoms. The normalized spacial score (nSPS) is 12.4. The number of ether oxygens (including phenoxy) is 1. The molecule has 1 heterocycles. The van der Waals surface area contributed by atoms with Crippen LogP contribution in [0.25, 0.3) is 0 Å². The van der Waals surface area contributed by atoms with Crippen molar-refractivity contribution in [1.29, 1.82) is 0 Å². The second-order valence-electron chi connectivity index (χ2n) is 3.52. The number of hydrogen-bond donors (Lipinski definition) is 2. The first kappa shape index (κ1) is 13.0. The van der Waals surface area contributed by atoms with Crippen molar-refractivity contribution in [1.82, 2.24) is 9.97 Å². The third kappa shape index (κ3) is 4.20. The molecule has 0 saturated carbocycles. The Kier molecular flexibility index (Phi) is 5.28. The first-order valence-corrected chi connectivity index (χ1v) is 5.59. The summed E-state index contributed by atoms with van der Waals surface area (Å²) in [6.07, 6.45) is 2.06. The van der Waals surface area contributed by atoms with Crippen LogP contribution in [0.3, 0.4) is 0 Å². The predicted octanol–water partition coefficient (Wildman–Crippen LogP) is 1.94. The Labute approximate surface area is 100 Å². The fourth-order valence-electron chi connectivity index (χ4n) is 1.47. The number of rotatable bonds is 6. The molecule has 1 aromatic heterocycles. The summed E-state index contributed by atoms with van der Waals surface area (Å²) in [6.45, 7) is 2.74. The van der Waals surface area contributed by atoms with Crippen molar-refractivity contribution in [2.75, 3.05) is 24.8 Å². The second-order valence-corrected chi connectivity index (χ2v) is 3.91. The Morgan fingerprint density at radius 3 is 2.88 bits per heavy atom. The van der Waals surface area contributed by atoms with Crippen LogP contribution in [0.4, 0.5) is 11.8 Å². The van der Waals surface area contributed by atoms with Gasteiger partial charge in [-0.25, -0.2) is 4.98 Å². The van der Waals surface area contributed by atoms with E-state index in [1.165, 1.54) is 0 Å². The zero-order valence-electron chi connectivity index (χ0n) is 9.53. The topological polar surface area (TPSA) is 73.1 Å². The average molecular weight is 245 g/mol. The van der Waals surface area contributed by atoms with Crippen molar-refractivity contribution in [2.24, 2.45) is 0 Å². The van der Waals surface area contributed by atoms with Crippen LogP contribution in [0.5, 0.6) is 0 Å². The summed E-state index contributed by atoms with van der Waals surface area (Å²) in [4.78, 5) is 7.85. The predicted molar refractivity (Wildman–Crippen MR) is 65.6 cm³/mol. The lowest BCUT2D eigenvalue weighted by atomic mass is 10.2. The smallest absolute Gasteiger partial charge is 0.223 e. The number of anilines is 2. The monoisotopic (exact) mass is 244 g/mol. The first-order chi connectivity index (χ1) is 7.65. The highest BCUT2D eigenvalue weighted by Gasteiger charge is 2.09. The lowest BCUT2D eigenvalue weighted by molar-refractivity contribution is 0.182. The minimum atomic E-state index is 0.169. The summed E-state index contributed by atoms with van der Waals surface area (Å²) in [5.41, 5.74) is 5.51. The van der Waals surface area contributed by atoms with Crippen molar-refractivity contribution in [2.45, 2.75) is 25.8 Å². The van der Waals surface area contributed by atoms with Gasteiger partial charge in [0.25, 0.3) is 0 Å². The Balaban J connectivity index is 2.68. The quantitative estimate of drug-likeness (QED) is 0.749. The fourth-order valence-corrected chi connectivity index (χ4v) is 1.66. The van der Waals surface area contributed by atoms with Gasteiger partial charge in [0.1, 0.15) is 11.0 Å². The van der Waals surface area contributed by atoms with Crippen LogP contribution in [0.2, 0.25) is 5.15 Å². The van der Waals surface area contributed by atoms with Crippen molar-refractivity contribution in [3.63, 3.8) is 0 Å². The summed E-state index contributed by atoms with van der Waals surface area (Å²) in [6, 6.07) is 1.86. The van der Waals surface area contributed by atoms with Gasteiger partial charge in [0.05, 0.1) is 12.6 Å². The van der Waals surface area contributed by atoms with E-state index in [4.69, 9.17) is 22.1 Å². The molecule has 16 heavy (non-hydrogen) atoms. The van der Waals surface area contributed by atoms with Crippen LogP contribution in [0, 0.1) is 0 Å². The van der Waals surface area contributed by atoms with Gasteiger partial charge in [-0.3, -0.25) is 0 Å². The molecule has 5 nitrogen and oxygen atoms in total. The van der Waals surface area contributed by atoms with Gasteiger partial charge in [-0.1, -0.05) is 24.9 Å². The van der Waals surface area contributed by atoms with E-state index in [0.29, 0.717) is 17.6 Å². The number of methoxy groups -OCH3 is 1. The van der Waals surface area contributed by atoms with Gasteiger partial charge in [0.2, 0.25) is 5.95 Å². The Bertz CT molecular complexity index is 308. The van der Waals surface area contributed by atoms with E-state index in [1.807, 2.05) is 0 Å². The van der Waals surface area contributed by atoms with Crippen molar-refractivity contribution >= 4 is 23.4 Å². The van der Waals surface area contributed by atoms with Gasteiger partial charge in [-0.15, -0.1) is 0 Å². The summed E-state index contributed by atoms with van der Waals surface area (Å²) in [5.74, 6) is 0.802. The minimum Gasteiger partial charge on any atom is -0.383 e. The van der Waals surface area contributed by atoms with Gasteiger partial charge in [-0.05, 0) is 6.42 Å². The molecule has 0 aliphatic rings. The number of nitrogens with zero attached hydrogens (tertiary/aromatic N) is 2. The molecule has 0 saturated heterocycles. The van der Waals surface area contributed by atoms with E-state index in [1.54, 1.807) is 13.2 Å². The molecule has 1 atom stereocenters. The Morgan fingerprint density at radius 1 is 1.56 bits per heavy atom. The Hall–Kier alpha value is -1.07. The Morgan fingerprint density at radius 2 is 2.31 bits per heavy atom. The van der Waals surface area contributed by atoms with E-state index >= 15 is 0 Å². The van der Waals surface area contributed by atoms with E-state index < -0.39 is 0 Å². The van der Waals surface area contributed by atoms with Crippen molar-refractivity contribution in [3.8, 4) is 0 Å². The maximum atomic E-state index is 5.79. The molecule has 0 aromatic carbocycles. The van der Waals surface area contributed by atoms with Gasteiger partial charge in [0.15, 0.2) is 0 Å². The zero-order valence-corrected chi connectivity index (χ0v) is 10.3. The molecular weight excluding hydrogens is 228 g/mol. The average Bonchev–Trinajstić information content (AvgIpc) is 2.16. The van der Waals surface area contributed by atoms with Crippen molar-refractivity contribution in [3.05, 3.63) is 11.2 Å². The molecule has 0 radical (unpaired) electrons. The van der Waals surface area contributed by atoms with Crippen LogP contribution in [-0.2, 0) is 4.74 Å². The highest BCUT2D eigenvalue weighted by molar-refractivity contribution is 6.29. The molecular formula is C10H17ClN4O. The lowest BCUT2D eigenvalue weighted by Crippen LogP contribution is -2.25. The molecule has 1 aromatic rings. The molecule has 6 heteroatoms. The molecule has 0 bridgehead atoms. The van der Waals surface area contributed by atoms with Gasteiger partial charge >= 0.3 is 0 Å². The van der Waals surface area contributed by atoms with E-state index in [-0.39, 0.29) is 12.0 Å². The summed E-state index contributed by atoms with van der Waals surface area (Å²) in [7, 11) is 1.67. The van der Waals surface area contributed by atoms with Crippen LogP contribution >= 0.6 is 11.6 Å². The number of halogens is 1. The molecule has 90 valence electrons. The fraction of sp³-hybridized carbons (Fsp3) is 0.600. The zero-order chi connectivity index (χ0) is 12.0. The van der Waals surface area contributed by atoms with Crippen molar-refractivity contribution < 1.29 is 4.74 Å². The summed E-state index contributed by atoms with van der Waals surface area (Å²) < 4.78 is 5.12. The molecule has 0 aliphatic heterocycles. The number of nitrogens with one attached hydrogen (secondary N) is 1. The summed E-state index contributed by atoms with van der Waals surface area (Å²) >= 11 is 5.79. The van der Waals surface area contributed by atoms with Crippen LogP contribution in [-0.4, -0.2) is 29.7 Å². The summed E-state index contributed by atoms with van der Waals surface area (Å²) in [5, 5.41) is 3.56. The molecule has 0 amide bonds. The third-order valence-electron chi connectivity index (χ3n) is 2.07. The van der Waals surface area contributed by atoms with E-state index in [9.17, 15) is 0 Å². The molecule has 3 N–H and O–H groups in total. The number of aromatic nitrogens is 2. The highest BCUT2D eigenvalue weighted by Crippen LogP contribution is 2.14. The van der Waals surface area contributed by atoms with Crippen LogP contribution < -0.4 is 11.1 Å². The number of nitrogen functional groups attached to an aromatic ring is 1. The maximum Gasteiger partial charge on any atom is 0.223 e. The SMILES string of the molecule is CCCC(COC)Nc1cc(Cl)nc(N)n1. The number of nitrogens with two attached hydrogens (primary N) is 1. The minimum absolute atomic E-state index is 0.169. The largest absolute Gasteiger partial charge is 0.383 e. The van der Waals surface area contributed by atoms with E-state index in [0.717, 1.165) is 12.8 Å². The van der Waals surface area contributed by atoms with Crippen LogP contribution in [0.1, 0.15) is 19.8 Å². The molecule has 1 unspecified atom stereocenters. The molecule has 0 aliphatic carbocycles. The number of hydrogen-bond acceptors (Lipinski definition) is 5. The first-order valence-electron chi connectivity index (χ1n) is 5.21. The van der Waals surface area contributed by atoms with Gasteiger partial charge < -0.3 is 15.8 Å². The maximum absolute atomic E-state index is 5.79. The lowest BCUT2D eigenvalue weighted by Gasteiger charge is -2.17. The van der Waals surface area contributed by atoms with Crippen LogP contribution in [0.15, 0.2) is 6.07 Å². The van der Waals surface area contributed by atoms with Gasteiger partial charge in [0, 0.05) is 13.2 Å². The highest BCUT2D eigenvalue weighted by atomic mass is 35.5. The van der Waals surface area contributed by atoms with E-state index in [2.05, 4.69) is 22.2 Å². The molecule has 1 rings (SSSR count). The molecule has 0 fully saturated rings. The third-order valence-corrected chi connectivity index (χ3v) is 2.26. The van der Waals surface area contributed by atoms with Gasteiger partial charge in [-0.2, -0.15) is 4.98 Å². The second kappa shape index (κ2) is 6.50. The standard InChI is InChI=1S/C10H17ClN4O/c1-3-4-7(6-16-2)13-9-5-8(11)14-10(12)15-9/h5,7H,3-4,6H2,1-2H3,(H3,12,13,14,15).